The molecule has 0 saturated heterocycles. The molecule has 0 aliphatic rings. The minimum absolute atomic E-state index is 0.217. The van der Waals surface area contributed by atoms with Gasteiger partial charge in [0.15, 0.2) is 0 Å². The van der Waals surface area contributed by atoms with Gasteiger partial charge in [-0.1, -0.05) is 6.07 Å². The van der Waals surface area contributed by atoms with E-state index in [4.69, 9.17) is 4.74 Å². The molecule has 1 N–H and O–H groups in total. The fourth-order valence-electron chi connectivity index (χ4n) is 1.90. The van der Waals surface area contributed by atoms with Crippen molar-refractivity contribution in [3.63, 3.8) is 0 Å². The van der Waals surface area contributed by atoms with Crippen molar-refractivity contribution < 1.29 is 4.74 Å². The molecule has 102 valence electrons. The van der Waals surface area contributed by atoms with Gasteiger partial charge in [-0.05, 0) is 77.3 Å². The van der Waals surface area contributed by atoms with E-state index >= 15 is 0 Å². The molecule has 1 rings (SSSR count). The zero-order valence-corrected chi connectivity index (χ0v) is 12.5. The van der Waals surface area contributed by atoms with Gasteiger partial charge in [0.25, 0.3) is 0 Å². The van der Waals surface area contributed by atoms with Crippen molar-refractivity contribution in [2.75, 3.05) is 13.2 Å². The first kappa shape index (κ1) is 15.0. The van der Waals surface area contributed by atoms with E-state index in [1.54, 1.807) is 0 Å². The van der Waals surface area contributed by atoms with Crippen LogP contribution in [0, 0.1) is 13.8 Å². The standard InChI is InChI=1S/C16H27NO/c1-13-10-14(2)12-15(11-13)18-9-7-6-8-17-16(3,4)5/h10-12,17H,6-9H2,1-5H3. The lowest BCUT2D eigenvalue weighted by Gasteiger charge is -2.20. The molecule has 0 bridgehead atoms. The number of aryl methyl sites for hydroxylation is 2. The van der Waals surface area contributed by atoms with E-state index in [9.17, 15) is 0 Å². The zero-order valence-electron chi connectivity index (χ0n) is 12.5. The lowest BCUT2D eigenvalue weighted by molar-refractivity contribution is 0.301. The highest BCUT2D eigenvalue weighted by molar-refractivity contribution is 5.32. The molecule has 0 aliphatic carbocycles. The van der Waals surface area contributed by atoms with Gasteiger partial charge in [0.05, 0.1) is 6.61 Å². The molecular formula is C16H27NO. The van der Waals surface area contributed by atoms with E-state index in [1.165, 1.54) is 11.1 Å². The first-order valence-corrected chi connectivity index (χ1v) is 6.83. The topological polar surface area (TPSA) is 21.3 Å². The summed E-state index contributed by atoms with van der Waals surface area (Å²) in [7, 11) is 0. The molecule has 0 atom stereocenters. The Bertz CT molecular complexity index is 346. The molecule has 0 amide bonds. The van der Waals surface area contributed by atoms with Gasteiger partial charge >= 0.3 is 0 Å². The Morgan fingerprint density at radius 1 is 1.00 bits per heavy atom. The van der Waals surface area contributed by atoms with Crippen LogP contribution in [0.5, 0.6) is 5.75 Å². The fraction of sp³-hybridized carbons (Fsp3) is 0.625. The minimum Gasteiger partial charge on any atom is -0.494 e. The third-order valence-corrected chi connectivity index (χ3v) is 2.69. The van der Waals surface area contributed by atoms with Crippen LogP contribution in [0.4, 0.5) is 0 Å². The molecular weight excluding hydrogens is 222 g/mol. The SMILES string of the molecule is Cc1cc(C)cc(OCCCCNC(C)(C)C)c1. The maximum atomic E-state index is 5.77. The summed E-state index contributed by atoms with van der Waals surface area (Å²) in [6.07, 6.45) is 2.25. The van der Waals surface area contributed by atoms with Crippen LogP contribution in [0.2, 0.25) is 0 Å². The summed E-state index contributed by atoms with van der Waals surface area (Å²) < 4.78 is 5.77. The second-order valence-corrected chi connectivity index (χ2v) is 6.06. The molecule has 0 saturated carbocycles. The van der Waals surface area contributed by atoms with Crippen molar-refractivity contribution in [3.05, 3.63) is 29.3 Å². The molecule has 2 nitrogen and oxygen atoms in total. The average Bonchev–Trinajstić information content (AvgIpc) is 2.20. The molecule has 0 heterocycles. The number of hydrogen-bond acceptors (Lipinski definition) is 2. The van der Waals surface area contributed by atoms with Gasteiger partial charge < -0.3 is 10.1 Å². The van der Waals surface area contributed by atoms with Crippen LogP contribution in [0.1, 0.15) is 44.7 Å². The van der Waals surface area contributed by atoms with E-state index in [2.05, 4.69) is 58.1 Å². The van der Waals surface area contributed by atoms with Crippen LogP contribution in [0.3, 0.4) is 0 Å². The van der Waals surface area contributed by atoms with E-state index < -0.39 is 0 Å². The Morgan fingerprint density at radius 3 is 2.17 bits per heavy atom. The van der Waals surface area contributed by atoms with Crippen molar-refractivity contribution in [1.82, 2.24) is 5.32 Å². The Hall–Kier alpha value is -1.02. The minimum atomic E-state index is 0.217. The van der Waals surface area contributed by atoms with Crippen LogP contribution >= 0.6 is 0 Å². The number of ether oxygens (including phenoxy) is 1. The van der Waals surface area contributed by atoms with Crippen molar-refractivity contribution in [1.29, 1.82) is 0 Å². The molecule has 0 aliphatic heterocycles. The first-order chi connectivity index (χ1) is 8.37. The summed E-state index contributed by atoms with van der Waals surface area (Å²) >= 11 is 0. The van der Waals surface area contributed by atoms with Gasteiger partial charge in [-0.2, -0.15) is 0 Å². The quantitative estimate of drug-likeness (QED) is 0.773. The van der Waals surface area contributed by atoms with Crippen LogP contribution in [-0.2, 0) is 0 Å². The van der Waals surface area contributed by atoms with E-state index in [0.717, 1.165) is 31.7 Å². The summed E-state index contributed by atoms with van der Waals surface area (Å²) in [5.41, 5.74) is 2.74. The molecule has 0 radical (unpaired) electrons. The van der Waals surface area contributed by atoms with Crippen molar-refractivity contribution in [3.8, 4) is 5.75 Å². The monoisotopic (exact) mass is 249 g/mol. The van der Waals surface area contributed by atoms with Gasteiger partial charge in [0.1, 0.15) is 5.75 Å². The Morgan fingerprint density at radius 2 is 1.61 bits per heavy atom. The Kier molecular flexibility index (Phi) is 5.67. The molecule has 1 aromatic carbocycles. The van der Waals surface area contributed by atoms with Crippen molar-refractivity contribution in [2.45, 2.75) is 53.0 Å². The largest absolute Gasteiger partial charge is 0.494 e. The van der Waals surface area contributed by atoms with E-state index in [0.29, 0.717) is 0 Å². The highest BCUT2D eigenvalue weighted by Gasteiger charge is 2.06. The van der Waals surface area contributed by atoms with Crippen molar-refractivity contribution >= 4 is 0 Å². The van der Waals surface area contributed by atoms with Gasteiger partial charge in [-0.25, -0.2) is 0 Å². The Balaban J connectivity index is 2.18. The van der Waals surface area contributed by atoms with Crippen LogP contribution in [0.15, 0.2) is 18.2 Å². The van der Waals surface area contributed by atoms with Gasteiger partial charge in [-0.3, -0.25) is 0 Å². The fourth-order valence-corrected chi connectivity index (χ4v) is 1.90. The zero-order chi connectivity index (χ0) is 13.6. The average molecular weight is 249 g/mol. The van der Waals surface area contributed by atoms with Crippen LogP contribution in [0.25, 0.3) is 0 Å². The van der Waals surface area contributed by atoms with E-state index in [1.807, 2.05) is 0 Å². The molecule has 0 unspecified atom stereocenters. The number of nitrogens with one attached hydrogen (secondary N) is 1. The third-order valence-electron chi connectivity index (χ3n) is 2.69. The number of unbranched alkanes of at least 4 members (excludes halogenated alkanes) is 1. The van der Waals surface area contributed by atoms with Crippen LogP contribution < -0.4 is 10.1 Å². The Labute approximate surface area is 112 Å². The summed E-state index contributed by atoms with van der Waals surface area (Å²) in [5, 5.41) is 3.48. The predicted molar refractivity (Wildman–Crippen MR) is 78.4 cm³/mol. The maximum Gasteiger partial charge on any atom is 0.119 e. The van der Waals surface area contributed by atoms with Gasteiger partial charge in [0.2, 0.25) is 0 Å². The smallest absolute Gasteiger partial charge is 0.119 e. The predicted octanol–water partition coefficient (Wildman–Crippen LogP) is 3.85. The number of rotatable bonds is 6. The summed E-state index contributed by atoms with van der Waals surface area (Å²) in [6.45, 7) is 12.6. The number of benzene rings is 1. The molecule has 0 fully saturated rings. The molecule has 0 spiro atoms. The lowest BCUT2D eigenvalue weighted by Crippen LogP contribution is -2.36. The maximum absolute atomic E-state index is 5.77. The lowest BCUT2D eigenvalue weighted by atomic mass is 10.1. The van der Waals surface area contributed by atoms with Gasteiger partial charge in [-0.15, -0.1) is 0 Å². The normalized spacial score (nSPS) is 11.6. The first-order valence-electron chi connectivity index (χ1n) is 6.83. The summed E-state index contributed by atoms with van der Waals surface area (Å²) in [6, 6.07) is 6.36. The summed E-state index contributed by atoms with van der Waals surface area (Å²) in [5.74, 6) is 0.997. The molecule has 18 heavy (non-hydrogen) atoms. The highest BCUT2D eigenvalue weighted by Crippen LogP contribution is 2.16. The van der Waals surface area contributed by atoms with Gasteiger partial charge in [0, 0.05) is 5.54 Å². The highest BCUT2D eigenvalue weighted by atomic mass is 16.5. The second kappa shape index (κ2) is 6.79. The van der Waals surface area contributed by atoms with Crippen molar-refractivity contribution in [2.24, 2.45) is 0 Å². The third kappa shape index (κ3) is 6.65. The van der Waals surface area contributed by atoms with Crippen LogP contribution in [-0.4, -0.2) is 18.7 Å². The molecule has 0 aromatic heterocycles. The van der Waals surface area contributed by atoms with E-state index in [-0.39, 0.29) is 5.54 Å². The molecule has 1 aromatic rings. The number of hydrogen-bond donors (Lipinski definition) is 1. The summed E-state index contributed by atoms with van der Waals surface area (Å²) in [4.78, 5) is 0. The second-order valence-electron chi connectivity index (χ2n) is 6.06. The molecule has 2 heteroatoms.